The number of rotatable bonds is 5. The monoisotopic (exact) mass is 390 g/mol. The SMILES string of the molecule is COc1ccc(C(=O)N2CCN(C(=O)c3csc(CN)n3)CC2)c(OC)c1. The summed E-state index contributed by atoms with van der Waals surface area (Å²) < 4.78 is 10.5. The summed E-state index contributed by atoms with van der Waals surface area (Å²) in [5.74, 6) is 0.842. The average Bonchev–Trinajstić information content (AvgIpc) is 3.21. The Morgan fingerprint density at radius 1 is 1.11 bits per heavy atom. The van der Waals surface area contributed by atoms with Gasteiger partial charge in [0.1, 0.15) is 22.2 Å². The number of benzene rings is 1. The van der Waals surface area contributed by atoms with Crippen molar-refractivity contribution in [1.82, 2.24) is 14.8 Å². The van der Waals surface area contributed by atoms with Gasteiger partial charge in [0.05, 0.1) is 19.8 Å². The zero-order chi connectivity index (χ0) is 19.4. The van der Waals surface area contributed by atoms with Crippen LogP contribution in [-0.2, 0) is 6.54 Å². The molecule has 0 spiro atoms. The maximum absolute atomic E-state index is 12.8. The minimum Gasteiger partial charge on any atom is -0.497 e. The quantitative estimate of drug-likeness (QED) is 0.824. The van der Waals surface area contributed by atoms with Gasteiger partial charge >= 0.3 is 0 Å². The highest BCUT2D eigenvalue weighted by molar-refractivity contribution is 7.09. The molecule has 1 aliphatic heterocycles. The smallest absolute Gasteiger partial charge is 0.273 e. The number of hydrogen-bond acceptors (Lipinski definition) is 7. The third kappa shape index (κ3) is 4.04. The van der Waals surface area contributed by atoms with E-state index in [9.17, 15) is 9.59 Å². The van der Waals surface area contributed by atoms with Crippen molar-refractivity contribution in [3.63, 3.8) is 0 Å². The number of thiazole rings is 1. The lowest BCUT2D eigenvalue weighted by molar-refractivity contribution is 0.0531. The summed E-state index contributed by atoms with van der Waals surface area (Å²) in [7, 11) is 3.08. The highest BCUT2D eigenvalue weighted by Crippen LogP contribution is 2.26. The highest BCUT2D eigenvalue weighted by Gasteiger charge is 2.28. The zero-order valence-corrected chi connectivity index (χ0v) is 16.1. The van der Waals surface area contributed by atoms with Gasteiger partial charge in [0.15, 0.2) is 0 Å². The fourth-order valence-corrected chi connectivity index (χ4v) is 3.57. The van der Waals surface area contributed by atoms with Crippen LogP contribution < -0.4 is 15.2 Å². The van der Waals surface area contributed by atoms with Crippen molar-refractivity contribution in [3.8, 4) is 11.5 Å². The molecule has 144 valence electrons. The third-order valence-corrected chi connectivity index (χ3v) is 5.31. The lowest BCUT2D eigenvalue weighted by Crippen LogP contribution is -2.50. The Morgan fingerprint density at radius 2 is 1.78 bits per heavy atom. The Labute approximate surface area is 161 Å². The number of aromatic nitrogens is 1. The molecular weight excluding hydrogens is 368 g/mol. The molecule has 1 saturated heterocycles. The van der Waals surface area contributed by atoms with Crippen LogP contribution in [0, 0.1) is 0 Å². The van der Waals surface area contributed by atoms with E-state index in [0.717, 1.165) is 5.01 Å². The molecule has 2 amide bonds. The van der Waals surface area contributed by atoms with Gasteiger partial charge in [-0.3, -0.25) is 9.59 Å². The predicted octanol–water partition coefficient (Wildman–Crippen LogP) is 1.22. The van der Waals surface area contributed by atoms with Crippen LogP contribution in [0.5, 0.6) is 11.5 Å². The molecule has 8 nitrogen and oxygen atoms in total. The summed E-state index contributed by atoms with van der Waals surface area (Å²) in [4.78, 5) is 33.1. The first-order chi connectivity index (χ1) is 13.1. The van der Waals surface area contributed by atoms with Crippen molar-refractivity contribution in [3.05, 3.63) is 39.8 Å². The van der Waals surface area contributed by atoms with Crippen LogP contribution >= 0.6 is 11.3 Å². The van der Waals surface area contributed by atoms with Crippen LogP contribution in [0.4, 0.5) is 0 Å². The molecular formula is C18H22N4O4S. The van der Waals surface area contributed by atoms with Crippen molar-refractivity contribution in [1.29, 1.82) is 0 Å². The molecule has 2 heterocycles. The topological polar surface area (TPSA) is 98.0 Å². The fraction of sp³-hybridized carbons (Fsp3) is 0.389. The maximum Gasteiger partial charge on any atom is 0.273 e. The number of methoxy groups -OCH3 is 2. The first-order valence-corrected chi connectivity index (χ1v) is 9.40. The van der Waals surface area contributed by atoms with Crippen LogP contribution in [0.2, 0.25) is 0 Å². The Bertz CT molecular complexity index is 831. The molecule has 0 atom stereocenters. The summed E-state index contributed by atoms with van der Waals surface area (Å²) in [5.41, 5.74) is 6.44. The molecule has 0 unspecified atom stereocenters. The summed E-state index contributed by atoms with van der Waals surface area (Å²) in [6, 6.07) is 5.11. The van der Waals surface area contributed by atoms with Crippen LogP contribution in [0.15, 0.2) is 23.6 Å². The van der Waals surface area contributed by atoms with E-state index in [0.29, 0.717) is 55.5 Å². The van der Waals surface area contributed by atoms with Gasteiger partial charge < -0.3 is 25.0 Å². The molecule has 1 aromatic heterocycles. The van der Waals surface area contributed by atoms with Gasteiger partial charge in [-0.15, -0.1) is 11.3 Å². The van der Waals surface area contributed by atoms with Crippen LogP contribution in [-0.4, -0.2) is 67.0 Å². The van der Waals surface area contributed by atoms with Crippen molar-refractivity contribution >= 4 is 23.2 Å². The standard InChI is InChI=1S/C18H22N4O4S/c1-25-12-3-4-13(15(9-12)26-2)17(23)21-5-7-22(8-6-21)18(24)14-11-27-16(10-19)20-14/h3-4,9,11H,5-8,10,19H2,1-2H3. The van der Waals surface area contributed by atoms with E-state index < -0.39 is 0 Å². The van der Waals surface area contributed by atoms with Gasteiger partial charge in [0.25, 0.3) is 11.8 Å². The van der Waals surface area contributed by atoms with Crippen LogP contribution in [0.1, 0.15) is 25.9 Å². The number of nitrogens with two attached hydrogens (primary N) is 1. The minimum atomic E-state index is -0.125. The van der Waals surface area contributed by atoms with Gasteiger partial charge in [-0.1, -0.05) is 0 Å². The molecule has 0 radical (unpaired) electrons. The second-order valence-corrected chi connectivity index (χ2v) is 6.92. The van der Waals surface area contributed by atoms with Gasteiger partial charge in [-0.25, -0.2) is 4.98 Å². The summed E-state index contributed by atoms with van der Waals surface area (Å²) >= 11 is 1.38. The Balaban J connectivity index is 1.65. The molecule has 0 aliphatic carbocycles. The Kier molecular flexibility index (Phi) is 5.92. The van der Waals surface area contributed by atoms with E-state index in [1.165, 1.54) is 18.4 Å². The molecule has 27 heavy (non-hydrogen) atoms. The number of piperazine rings is 1. The molecule has 2 aromatic rings. The molecule has 3 rings (SSSR count). The molecule has 0 saturated carbocycles. The lowest BCUT2D eigenvalue weighted by atomic mass is 10.1. The Hall–Kier alpha value is -2.65. The van der Waals surface area contributed by atoms with Gasteiger partial charge in [0.2, 0.25) is 0 Å². The summed E-state index contributed by atoms with van der Waals surface area (Å²) in [6.07, 6.45) is 0. The number of ether oxygens (including phenoxy) is 2. The van der Waals surface area contributed by atoms with E-state index in [2.05, 4.69) is 4.98 Å². The summed E-state index contributed by atoms with van der Waals surface area (Å²) in [6.45, 7) is 2.14. The van der Waals surface area contributed by atoms with Crippen molar-refractivity contribution in [2.75, 3.05) is 40.4 Å². The number of carbonyl (C=O) groups excluding carboxylic acids is 2. The van der Waals surface area contributed by atoms with Crippen LogP contribution in [0.3, 0.4) is 0 Å². The van der Waals surface area contributed by atoms with Gasteiger partial charge in [-0.2, -0.15) is 0 Å². The van der Waals surface area contributed by atoms with Crippen molar-refractivity contribution in [2.45, 2.75) is 6.54 Å². The molecule has 1 fully saturated rings. The zero-order valence-electron chi connectivity index (χ0n) is 15.3. The first-order valence-electron chi connectivity index (χ1n) is 8.52. The van der Waals surface area contributed by atoms with Crippen LogP contribution in [0.25, 0.3) is 0 Å². The minimum absolute atomic E-state index is 0.124. The van der Waals surface area contributed by atoms with E-state index in [1.54, 1.807) is 40.5 Å². The number of carbonyl (C=O) groups is 2. The predicted molar refractivity (Wildman–Crippen MR) is 101 cm³/mol. The molecule has 1 aliphatic rings. The molecule has 1 aromatic carbocycles. The third-order valence-electron chi connectivity index (χ3n) is 4.44. The molecule has 0 bridgehead atoms. The number of nitrogens with zero attached hydrogens (tertiary/aromatic N) is 3. The molecule has 9 heteroatoms. The van der Waals surface area contributed by atoms with E-state index in [4.69, 9.17) is 15.2 Å². The Morgan fingerprint density at radius 3 is 2.33 bits per heavy atom. The van der Waals surface area contributed by atoms with E-state index in [1.807, 2.05) is 0 Å². The second kappa shape index (κ2) is 8.36. The fourth-order valence-electron chi connectivity index (χ4n) is 2.92. The van der Waals surface area contributed by atoms with Gasteiger partial charge in [-0.05, 0) is 12.1 Å². The van der Waals surface area contributed by atoms with E-state index in [-0.39, 0.29) is 11.8 Å². The first kappa shape index (κ1) is 19.1. The maximum atomic E-state index is 12.8. The van der Waals surface area contributed by atoms with E-state index >= 15 is 0 Å². The van der Waals surface area contributed by atoms with Gasteiger partial charge in [0, 0.05) is 44.2 Å². The second-order valence-electron chi connectivity index (χ2n) is 5.98. The largest absolute Gasteiger partial charge is 0.497 e. The lowest BCUT2D eigenvalue weighted by Gasteiger charge is -2.34. The normalized spacial score (nSPS) is 14.2. The number of hydrogen-bond donors (Lipinski definition) is 1. The molecule has 2 N–H and O–H groups in total. The highest BCUT2D eigenvalue weighted by atomic mass is 32.1. The average molecular weight is 390 g/mol. The van der Waals surface area contributed by atoms with Crippen molar-refractivity contribution in [2.24, 2.45) is 5.73 Å². The number of amides is 2. The van der Waals surface area contributed by atoms with Crippen molar-refractivity contribution < 1.29 is 19.1 Å². The summed E-state index contributed by atoms with van der Waals surface area (Å²) in [5, 5.41) is 2.46.